The molecule has 1 unspecified atom stereocenters. The Morgan fingerprint density at radius 2 is 1.92 bits per heavy atom. The van der Waals surface area contributed by atoms with E-state index in [1.54, 1.807) is 14.2 Å². The van der Waals surface area contributed by atoms with Crippen molar-refractivity contribution in [1.82, 2.24) is 15.5 Å². The lowest BCUT2D eigenvalue weighted by Crippen LogP contribution is -2.43. The molecule has 5 nitrogen and oxygen atoms in total. The van der Waals surface area contributed by atoms with Crippen molar-refractivity contribution in [3.63, 3.8) is 0 Å². The van der Waals surface area contributed by atoms with Crippen molar-refractivity contribution in [2.24, 2.45) is 4.99 Å². The molecule has 0 aromatic heterocycles. The van der Waals surface area contributed by atoms with Gasteiger partial charge in [-0.1, -0.05) is 43.6 Å². The van der Waals surface area contributed by atoms with Crippen LogP contribution >= 0.6 is 35.6 Å². The van der Waals surface area contributed by atoms with Crippen LogP contribution in [0.25, 0.3) is 0 Å². The van der Waals surface area contributed by atoms with E-state index in [-0.39, 0.29) is 30.0 Å². The van der Waals surface area contributed by atoms with Gasteiger partial charge in [0.05, 0.1) is 6.04 Å². The number of hydrogen-bond donors (Lipinski definition) is 2. The Kier molecular flexibility index (Phi) is 14.3. The molecule has 0 saturated heterocycles. The Hall–Kier alpha value is -0.570. The third kappa shape index (κ3) is 8.57. The van der Waals surface area contributed by atoms with E-state index in [2.05, 4.69) is 40.4 Å². The highest BCUT2D eigenvalue weighted by atomic mass is 127. The zero-order chi connectivity index (χ0) is 17.8. The van der Waals surface area contributed by atoms with Gasteiger partial charge in [0.1, 0.15) is 0 Å². The molecule has 1 aromatic carbocycles. The second kappa shape index (κ2) is 14.6. The first-order valence-electron chi connectivity index (χ1n) is 8.59. The highest BCUT2D eigenvalue weighted by Gasteiger charge is 2.20. The van der Waals surface area contributed by atoms with Crippen molar-refractivity contribution in [3.8, 4) is 0 Å². The van der Waals surface area contributed by atoms with Crippen LogP contribution in [0.3, 0.4) is 0 Å². The molecular formula is C18H32ClIN4O. The summed E-state index contributed by atoms with van der Waals surface area (Å²) in [5.41, 5.74) is 1.14. The van der Waals surface area contributed by atoms with E-state index in [0.29, 0.717) is 0 Å². The summed E-state index contributed by atoms with van der Waals surface area (Å²) in [5, 5.41) is 7.53. The minimum Gasteiger partial charge on any atom is -0.385 e. The molecule has 0 saturated carbocycles. The lowest BCUT2D eigenvalue weighted by Gasteiger charge is -2.31. The predicted octanol–water partition coefficient (Wildman–Crippen LogP) is 3.54. The number of nitrogens with one attached hydrogen (secondary N) is 2. The number of aliphatic imine (C=N–C) groups is 1. The maximum absolute atomic E-state index is 6.43. The van der Waals surface area contributed by atoms with Crippen LogP contribution in [0.5, 0.6) is 0 Å². The quantitative estimate of drug-likeness (QED) is 0.232. The molecule has 0 aliphatic heterocycles. The van der Waals surface area contributed by atoms with Gasteiger partial charge in [-0.2, -0.15) is 0 Å². The topological polar surface area (TPSA) is 48.9 Å². The lowest BCUT2D eigenvalue weighted by molar-refractivity contribution is 0.195. The molecule has 0 aliphatic rings. The summed E-state index contributed by atoms with van der Waals surface area (Å²) >= 11 is 6.43. The van der Waals surface area contributed by atoms with E-state index < -0.39 is 0 Å². The largest absolute Gasteiger partial charge is 0.385 e. The number of benzene rings is 1. The molecule has 0 heterocycles. The van der Waals surface area contributed by atoms with Crippen molar-refractivity contribution in [1.29, 1.82) is 0 Å². The molecule has 144 valence electrons. The van der Waals surface area contributed by atoms with Crippen LogP contribution in [0.2, 0.25) is 5.02 Å². The number of rotatable bonds is 10. The summed E-state index contributed by atoms with van der Waals surface area (Å²) in [6.45, 7) is 8.59. The number of methoxy groups -OCH3 is 1. The molecule has 25 heavy (non-hydrogen) atoms. The zero-order valence-corrected chi connectivity index (χ0v) is 18.8. The fourth-order valence-electron chi connectivity index (χ4n) is 2.68. The molecule has 1 aromatic rings. The number of ether oxygens (including phenoxy) is 1. The Morgan fingerprint density at radius 1 is 1.24 bits per heavy atom. The average molecular weight is 483 g/mol. The van der Waals surface area contributed by atoms with E-state index in [1.807, 2.05) is 18.2 Å². The van der Waals surface area contributed by atoms with Gasteiger partial charge in [0.15, 0.2) is 5.96 Å². The van der Waals surface area contributed by atoms with E-state index in [1.165, 1.54) is 0 Å². The van der Waals surface area contributed by atoms with E-state index in [0.717, 1.165) is 55.8 Å². The summed E-state index contributed by atoms with van der Waals surface area (Å²) in [5.74, 6) is 0.801. The molecule has 0 fully saturated rings. The van der Waals surface area contributed by atoms with Gasteiger partial charge in [0.2, 0.25) is 0 Å². The minimum absolute atomic E-state index is 0. The summed E-state index contributed by atoms with van der Waals surface area (Å²) < 4.78 is 5.07. The van der Waals surface area contributed by atoms with Gasteiger partial charge in [-0.25, -0.2) is 0 Å². The normalized spacial score (nSPS) is 12.6. The first kappa shape index (κ1) is 24.4. The van der Waals surface area contributed by atoms with Crippen LogP contribution in [0.4, 0.5) is 0 Å². The van der Waals surface area contributed by atoms with E-state index in [4.69, 9.17) is 16.3 Å². The number of hydrogen-bond acceptors (Lipinski definition) is 3. The fraction of sp³-hybridized carbons (Fsp3) is 0.611. The van der Waals surface area contributed by atoms with Crippen LogP contribution in [-0.2, 0) is 4.74 Å². The lowest BCUT2D eigenvalue weighted by atomic mass is 10.0. The summed E-state index contributed by atoms with van der Waals surface area (Å²) in [4.78, 5) is 6.68. The Morgan fingerprint density at radius 3 is 2.48 bits per heavy atom. The SMILES string of the molecule is CCN(CC)C(CNC(=NC)NCCCOC)c1ccccc1Cl.I. The van der Waals surface area contributed by atoms with Crippen LogP contribution < -0.4 is 10.6 Å². The Labute approximate surface area is 174 Å². The van der Waals surface area contributed by atoms with Crippen LogP contribution in [-0.4, -0.2) is 57.8 Å². The molecule has 0 radical (unpaired) electrons. The minimum atomic E-state index is 0. The molecular weight excluding hydrogens is 451 g/mol. The molecule has 2 N–H and O–H groups in total. The van der Waals surface area contributed by atoms with Crippen molar-refractivity contribution < 1.29 is 4.74 Å². The van der Waals surface area contributed by atoms with Gasteiger partial charge in [-0.05, 0) is 31.1 Å². The zero-order valence-electron chi connectivity index (χ0n) is 15.7. The van der Waals surface area contributed by atoms with Crippen molar-refractivity contribution in [2.45, 2.75) is 26.3 Å². The van der Waals surface area contributed by atoms with Gasteiger partial charge in [-0.3, -0.25) is 9.89 Å². The van der Waals surface area contributed by atoms with Gasteiger partial charge in [0, 0.05) is 38.9 Å². The highest BCUT2D eigenvalue weighted by Crippen LogP contribution is 2.26. The first-order chi connectivity index (χ1) is 11.7. The van der Waals surface area contributed by atoms with Crippen LogP contribution in [0.15, 0.2) is 29.3 Å². The fourth-order valence-corrected chi connectivity index (χ4v) is 2.94. The number of guanidine groups is 1. The third-order valence-corrected chi connectivity index (χ3v) is 4.37. The van der Waals surface area contributed by atoms with E-state index in [9.17, 15) is 0 Å². The van der Waals surface area contributed by atoms with Crippen molar-refractivity contribution in [2.75, 3.05) is 46.9 Å². The number of halogens is 2. The smallest absolute Gasteiger partial charge is 0.191 e. The summed E-state index contributed by atoms with van der Waals surface area (Å²) in [7, 11) is 3.50. The molecule has 7 heteroatoms. The van der Waals surface area contributed by atoms with Crippen LogP contribution in [0, 0.1) is 0 Å². The highest BCUT2D eigenvalue weighted by molar-refractivity contribution is 14.0. The monoisotopic (exact) mass is 482 g/mol. The van der Waals surface area contributed by atoms with Gasteiger partial charge >= 0.3 is 0 Å². The molecule has 0 aliphatic carbocycles. The predicted molar refractivity (Wildman–Crippen MR) is 118 cm³/mol. The van der Waals surface area contributed by atoms with Gasteiger partial charge in [-0.15, -0.1) is 24.0 Å². The Balaban J connectivity index is 0.00000576. The molecule has 0 bridgehead atoms. The van der Waals surface area contributed by atoms with Crippen molar-refractivity contribution >= 4 is 41.5 Å². The molecule has 0 amide bonds. The second-order valence-corrected chi connectivity index (χ2v) is 5.89. The maximum atomic E-state index is 6.43. The number of likely N-dealkylation sites (N-methyl/N-ethyl adjacent to an activating group) is 1. The molecule has 1 rings (SSSR count). The standard InChI is InChI=1S/C18H31ClN4O.HI/c1-5-23(6-2)17(15-10-7-8-11-16(15)19)14-22-18(20-3)21-12-9-13-24-4;/h7-8,10-11,17H,5-6,9,12-14H2,1-4H3,(H2,20,21,22);1H. The molecule has 1 atom stereocenters. The number of nitrogens with zero attached hydrogens (tertiary/aromatic N) is 2. The first-order valence-corrected chi connectivity index (χ1v) is 8.97. The molecule has 0 spiro atoms. The Bertz CT molecular complexity index is 498. The average Bonchev–Trinajstić information content (AvgIpc) is 2.61. The second-order valence-electron chi connectivity index (χ2n) is 5.48. The van der Waals surface area contributed by atoms with Crippen molar-refractivity contribution in [3.05, 3.63) is 34.9 Å². The summed E-state index contributed by atoms with van der Waals surface area (Å²) in [6.07, 6.45) is 0.946. The van der Waals surface area contributed by atoms with Gasteiger partial charge < -0.3 is 15.4 Å². The van der Waals surface area contributed by atoms with Crippen LogP contribution in [0.1, 0.15) is 31.9 Å². The van der Waals surface area contributed by atoms with E-state index >= 15 is 0 Å². The third-order valence-electron chi connectivity index (χ3n) is 4.02. The summed E-state index contributed by atoms with van der Waals surface area (Å²) in [6, 6.07) is 8.25. The van der Waals surface area contributed by atoms with Gasteiger partial charge in [0.25, 0.3) is 0 Å². The maximum Gasteiger partial charge on any atom is 0.191 e.